The fraction of sp³-hybridized carbons (Fsp3) is 0.400. The first-order valence-corrected chi connectivity index (χ1v) is 7.18. The number of amides is 1. The van der Waals surface area contributed by atoms with Crippen LogP contribution in [-0.2, 0) is 0 Å². The number of piperidine rings is 1. The Morgan fingerprint density at radius 3 is 2.50 bits per heavy atom. The van der Waals surface area contributed by atoms with Gasteiger partial charge in [0.15, 0.2) is 5.69 Å². The maximum absolute atomic E-state index is 12.4. The largest absolute Gasteiger partial charge is 0.337 e. The van der Waals surface area contributed by atoms with Crippen LogP contribution in [0.3, 0.4) is 0 Å². The summed E-state index contributed by atoms with van der Waals surface area (Å²) in [7, 11) is 0. The number of benzene rings is 1. The third-order valence-electron chi connectivity index (χ3n) is 3.84. The number of nitrogens with zero attached hydrogens (tertiary/aromatic N) is 4. The van der Waals surface area contributed by atoms with Gasteiger partial charge in [0.1, 0.15) is 0 Å². The number of carbonyl (C=O) groups excluding carboxylic acids is 1. The molecule has 1 aromatic heterocycles. The summed E-state index contributed by atoms with van der Waals surface area (Å²) in [5, 5.41) is 8.04. The van der Waals surface area contributed by atoms with Gasteiger partial charge >= 0.3 is 0 Å². The quantitative estimate of drug-likeness (QED) is 0.910. The number of likely N-dealkylation sites (tertiary alicyclic amines) is 1. The molecule has 1 aliphatic rings. The number of aryl methyl sites for hydroxylation is 1. The minimum atomic E-state index is -0.0692. The molecule has 1 fully saturated rings. The van der Waals surface area contributed by atoms with E-state index in [9.17, 15) is 4.79 Å². The lowest BCUT2D eigenvalue weighted by molar-refractivity contribution is 0.0708. The lowest BCUT2D eigenvalue weighted by Crippen LogP contribution is -2.43. The lowest BCUT2D eigenvalue weighted by atomic mass is 10.1. The number of rotatable bonds is 2. The van der Waals surface area contributed by atoms with Crippen LogP contribution in [0.1, 0.15) is 28.9 Å². The van der Waals surface area contributed by atoms with E-state index in [4.69, 9.17) is 5.73 Å². The van der Waals surface area contributed by atoms with Gasteiger partial charge in [0.05, 0.1) is 11.9 Å². The summed E-state index contributed by atoms with van der Waals surface area (Å²) in [6, 6.07) is 8.13. The van der Waals surface area contributed by atoms with E-state index in [1.54, 1.807) is 15.8 Å². The Morgan fingerprint density at radius 1 is 1.23 bits per heavy atom. The number of halogens is 1. The average molecular weight is 322 g/mol. The fourth-order valence-corrected chi connectivity index (χ4v) is 2.45. The molecule has 1 amide bonds. The van der Waals surface area contributed by atoms with Gasteiger partial charge in [0, 0.05) is 19.1 Å². The van der Waals surface area contributed by atoms with Gasteiger partial charge in [-0.2, -0.15) is 0 Å². The highest BCUT2D eigenvalue weighted by atomic mass is 35.5. The van der Waals surface area contributed by atoms with Crippen molar-refractivity contribution in [2.75, 3.05) is 13.1 Å². The molecule has 2 N–H and O–H groups in total. The van der Waals surface area contributed by atoms with Crippen molar-refractivity contribution in [3.8, 4) is 5.69 Å². The summed E-state index contributed by atoms with van der Waals surface area (Å²) in [6.07, 6.45) is 3.37. The zero-order chi connectivity index (χ0) is 14.8. The fourth-order valence-electron chi connectivity index (χ4n) is 2.45. The van der Waals surface area contributed by atoms with E-state index in [-0.39, 0.29) is 24.4 Å². The van der Waals surface area contributed by atoms with Gasteiger partial charge in [-0.05, 0) is 31.9 Å². The first-order valence-electron chi connectivity index (χ1n) is 7.18. The van der Waals surface area contributed by atoms with Gasteiger partial charge in [-0.1, -0.05) is 22.9 Å². The summed E-state index contributed by atoms with van der Waals surface area (Å²) in [4.78, 5) is 14.2. The summed E-state index contributed by atoms with van der Waals surface area (Å²) < 4.78 is 1.63. The average Bonchev–Trinajstić information content (AvgIpc) is 2.98. The van der Waals surface area contributed by atoms with Crippen molar-refractivity contribution in [3.63, 3.8) is 0 Å². The minimum Gasteiger partial charge on any atom is -0.337 e. The van der Waals surface area contributed by atoms with Crippen LogP contribution in [0.25, 0.3) is 5.69 Å². The highest BCUT2D eigenvalue weighted by molar-refractivity contribution is 5.92. The Kier molecular flexibility index (Phi) is 5.15. The molecule has 2 aromatic rings. The van der Waals surface area contributed by atoms with Crippen molar-refractivity contribution in [1.82, 2.24) is 19.9 Å². The Hall–Kier alpha value is -1.92. The highest BCUT2D eigenvalue weighted by Crippen LogP contribution is 2.13. The third kappa shape index (κ3) is 3.45. The normalized spacial score (nSPS) is 15.5. The standard InChI is InChI=1S/C15H19N5O.ClH/c1-11-2-4-13(5-3-11)20-10-14(17-18-20)15(21)19-8-6-12(16)7-9-19;/h2-5,10,12H,6-9,16H2,1H3;1H. The molecule has 22 heavy (non-hydrogen) atoms. The Balaban J connectivity index is 0.00000176. The second kappa shape index (κ2) is 6.89. The van der Waals surface area contributed by atoms with Gasteiger partial charge in [0.2, 0.25) is 0 Å². The number of aromatic nitrogens is 3. The predicted molar refractivity (Wildman–Crippen MR) is 86.5 cm³/mol. The second-order valence-electron chi connectivity index (χ2n) is 5.51. The molecule has 0 atom stereocenters. The van der Waals surface area contributed by atoms with Crippen LogP contribution in [0.5, 0.6) is 0 Å². The van der Waals surface area contributed by atoms with Crippen molar-refractivity contribution >= 4 is 18.3 Å². The van der Waals surface area contributed by atoms with Crippen molar-refractivity contribution in [2.24, 2.45) is 5.73 Å². The molecule has 1 aromatic carbocycles. The molecule has 7 heteroatoms. The van der Waals surface area contributed by atoms with Gasteiger partial charge in [-0.3, -0.25) is 4.79 Å². The number of nitrogens with two attached hydrogens (primary N) is 1. The molecule has 118 valence electrons. The molecular formula is C15H20ClN5O. The van der Waals surface area contributed by atoms with Crippen LogP contribution in [0.2, 0.25) is 0 Å². The molecule has 0 saturated carbocycles. The maximum atomic E-state index is 12.4. The van der Waals surface area contributed by atoms with E-state index in [2.05, 4.69) is 10.3 Å². The molecule has 1 aliphatic heterocycles. The zero-order valence-corrected chi connectivity index (χ0v) is 13.3. The van der Waals surface area contributed by atoms with E-state index in [1.165, 1.54) is 5.56 Å². The lowest BCUT2D eigenvalue weighted by Gasteiger charge is -2.29. The zero-order valence-electron chi connectivity index (χ0n) is 12.5. The van der Waals surface area contributed by atoms with E-state index in [0.29, 0.717) is 18.8 Å². The van der Waals surface area contributed by atoms with E-state index in [0.717, 1.165) is 18.5 Å². The van der Waals surface area contributed by atoms with Crippen LogP contribution < -0.4 is 5.73 Å². The molecule has 0 bridgehead atoms. The van der Waals surface area contributed by atoms with Crippen LogP contribution in [-0.4, -0.2) is 44.9 Å². The summed E-state index contributed by atoms with van der Waals surface area (Å²) in [5.74, 6) is -0.0692. The minimum absolute atomic E-state index is 0. The van der Waals surface area contributed by atoms with Crippen LogP contribution >= 0.6 is 12.4 Å². The molecule has 3 rings (SSSR count). The first kappa shape index (κ1) is 16.5. The molecule has 0 radical (unpaired) electrons. The molecule has 6 nitrogen and oxygen atoms in total. The molecule has 2 heterocycles. The summed E-state index contributed by atoms with van der Waals surface area (Å²) >= 11 is 0. The second-order valence-corrected chi connectivity index (χ2v) is 5.51. The highest BCUT2D eigenvalue weighted by Gasteiger charge is 2.23. The van der Waals surface area contributed by atoms with Crippen molar-refractivity contribution in [2.45, 2.75) is 25.8 Å². The molecule has 1 saturated heterocycles. The van der Waals surface area contributed by atoms with Gasteiger partial charge in [0.25, 0.3) is 5.91 Å². The van der Waals surface area contributed by atoms with Gasteiger partial charge in [-0.15, -0.1) is 17.5 Å². The number of hydrogen-bond acceptors (Lipinski definition) is 4. The van der Waals surface area contributed by atoms with Gasteiger partial charge in [-0.25, -0.2) is 4.68 Å². The number of hydrogen-bond donors (Lipinski definition) is 1. The Morgan fingerprint density at radius 2 is 1.86 bits per heavy atom. The van der Waals surface area contributed by atoms with E-state index < -0.39 is 0 Å². The third-order valence-corrected chi connectivity index (χ3v) is 3.84. The molecule has 0 spiro atoms. The Labute approximate surface area is 135 Å². The number of carbonyl (C=O) groups is 1. The monoisotopic (exact) mass is 321 g/mol. The molecule has 0 aliphatic carbocycles. The SMILES string of the molecule is Cc1ccc(-n2cc(C(=O)N3CCC(N)CC3)nn2)cc1.Cl. The maximum Gasteiger partial charge on any atom is 0.276 e. The topological polar surface area (TPSA) is 77.0 Å². The molecular weight excluding hydrogens is 302 g/mol. The van der Waals surface area contributed by atoms with Crippen LogP contribution in [0.15, 0.2) is 30.5 Å². The summed E-state index contributed by atoms with van der Waals surface area (Å²) in [6.45, 7) is 3.41. The predicted octanol–water partition coefficient (Wildman–Crippen LogP) is 1.56. The Bertz CT molecular complexity index is 632. The van der Waals surface area contributed by atoms with Crippen molar-refractivity contribution < 1.29 is 4.79 Å². The van der Waals surface area contributed by atoms with E-state index >= 15 is 0 Å². The summed E-state index contributed by atoms with van der Waals surface area (Å²) in [5.41, 5.74) is 8.32. The smallest absolute Gasteiger partial charge is 0.276 e. The van der Waals surface area contributed by atoms with Crippen molar-refractivity contribution in [1.29, 1.82) is 0 Å². The van der Waals surface area contributed by atoms with E-state index in [1.807, 2.05) is 31.2 Å². The van der Waals surface area contributed by atoms with Crippen molar-refractivity contribution in [3.05, 3.63) is 41.7 Å². The van der Waals surface area contributed by atoms with Crippen LogP contribution in [0.4, 0.5) is 0 Å². The van der Waals surface area contributed by atoms with Gasteiger partial charge < -0.3 is 10.6 Å². The molecule has 0 unspecified atom stereocenters. The first-order chi connectivity index (χ1) is 10.1. The van der Waals surface area contributed by atoms with Crippen LogP contribution in [0, 0.1) is 6.92 Å².